The van der Waals surface area contributed by atoms with Crippen LogP contribution in [0.15, 0.2) is 24.4 Å². The predicted molar refractivity (Wildman–Crippen MR) is 62.4 cm³/mol. The summed E-state index contributed by atoms with van der Waals surface area (Å²) in [7, 11) is 0. The van der Waals surface area contributed by atoms with Crippen LogP contribution in [0.4, 0.5) is 0 Å². The molecule has 1 aromatic heterocycles. The first-order chi connectivity index (χ1) is 7.09. The third-order valence-corrected chi connectivity index (χ3v) is 2.72. The van der Waals surface area contributed by atoms with E-state index < -0.39 is 6.10 Å². The predicted octanol–water partition coefficient (Wildman–Crippen LogP) is 3.59. The van der Waals surface area contributed by atoms with Gasteiger partial charge in [-0.25, -0.2) is 0 Å². The molecule has 1 atom stereocenters. The number of hydrogen-bond acceptors (Lipinski definition) is 2. The zero-order chi connectivity index (χ0) is 11.0. The van der Waals surface area contributed by atoms with Gasteiger partial charge in [-0.15, -0.1) is 0 Å². The number of halogens is 2. The Balaban J connectivity index is 2.85. The molecule has 1 unspecified atom stereocenters. The number of aliphatic hydroxyl groups is 1. The molecule has 0 saturated carbocycles. The van der Waals surface area contributed by atoms with Crippen LogP contribution in [0.1, 0.15) is 18.7 Å². The van der Waals surface area contributed by atoms with Crippen molar-refractivity contribution >= 4 is 34.0 Å². The Bertz CT molecular complexity index is 511. The van der Waals surface area contributed by atoms with Gasteiger partial charge in [-0.1, -0.05) is 23.2 Å². The van der Waals surface area contributed by atoms with Gasteiger partial charge in [0.2, 0.25) is 0 Å². The summed E-state index contributed by atoms with van der Waals surface area (Å²) in [4.78, 5) is 4.12. The van der Waals surface area contributed by atoms with Crippen LogP contribution in [-0.4, -0.2) is 10.1 Å². The first-order valence-corrected chi connectivity index (χ1v) is 5.27. The Hall–Kier alpha value is -0.830. The molecule has 1 aromatic carbocycles. The number of hydrogen-bond donors (Lipinski definition) is 1. The van der Waals surface area contributed by atoms with Gasteiger partial charge >= 0.3 is 0 Å². The van der Waals surface area contributed by atoms with E-state index in [-0.39, 0.29) is 0 Å². The molecule has 0 aliphatic carbocycles. The molecule has 4 heteroatoms. The molecule has 0 aliphatic rings. The maximum atomic E-state index is 9.56. The van der Waals surface area contributed by atoms with E-state index in [2.05, 4.69) is 4.98 Å². The lowest BCUT2D eigenvalue weighted by Gasteiger charge is -2.09. The Labute approximate surface area is 97.5 Å². The van der Waals surface area contributed by atoms with Gasteiger partial charge in [0.1, 0.15) is 0 Å². The van der Waals surface area contributed by atoms with Gasteiger partial charge in [0.25, 0.3) is 0 Å². The summed E-state index contributed by atoms with van der Waals surface area (Å²) in [5.74, 6) is 0. The lowest BCUT2D eigenvalue weighted by Crippen LogP contribution is -1.96. The van der Waals surface area contributed by atoms with Crippen LogP contribution in [0.3, 0.4) is 0 Å². The molecule has 2 aromatic rings. The molecule has 78 valence electrons. The van der Waals surface area contributed by atoms with Crippen LogP contribution in [0.2, 0.25) is 10.0 Å². The van der Waals surface area contributed by atoms with Crippen molar-refractivity contribution in [3.63, 3.8) is 0 Å². The van der Waals surface area contributed by atoms with E-state index >= 15 is 0 Å². The number of aromatic nitrogens is 1. The summed E-state index contributed by atoms with van der Waals surface area (Å²) < 4.78 is 0. The Morgan fingerprint density at radius 1 is 1.33 bits per heavy atom. The van der Waals surface area contributed by atoms with Gasteiger partial charge in [0.15, 0.2) is 0 Å². The van der Waals surface area contributed by atoms with Crippen LogP contribution in [0.25, 0.3) is 10.8 Å². The van der Waals surface area contributed by atoms with E-state index in [1.165, 1.54) is 0 Å². The summed E-state index contributed by atoms with van der Waals surface area (Å²) >= 11 is 12.0. The largest absolute Gasteiger partial charge is 0.387 e. The van der Waals surface area contributed by atoms with Crippen molar-refractivity contribution in [1.82, 2.24) is 4.98 Å². The second-order valence-corrected chi connectivity index (χ2v) is 4.20. The monoisotopic (exact) mass is 241 g/mol. The Morgan fingerprint density at radius 2 is 2.07 bits per heavy atom. The second kappa shape index (κ2) is 3.97. The molecule has 2 rings (SSSR count). The van der Waals surface area contributed by atoms with Crippen molar-refractivity contribution in [3.05, 3.63) is 40.1 Å². The topological polar surface area (TPSA) is 33.1 Å². The molecule has 0 radical (unpaired) electrons. The molecule has 15 heavy (non-hydrogen) atoms. The quantitative estimate of drug-likeness (QED) is 0.828. The third-order valence-electron chi connectivity index (χ3n) is 2.21. The minimum absolute atomic E-state index is 0.515. The minimum atomic E-state index is -0.646. The van der Waals surface area contributed by atoms with Gasteiger partial charge in [-0.3, -0.25) is 4.98 Å². The number of nitrogens with zero attached hydrogens (tertiary/aromatic N) is 1. The van der Waals surface area contributed by atoms with Crippen molar-refractivity contribution in [2.45, 2.75) is 13.0 Å². The molecule has 0 fully saturated rings. The summed E-state index contributed by atoms with van der Waals surface area (Å²) in [6, 6.07) is 5.27. The fraction of sp³-hybridized carbons (Fsp3) is 0.182. The standard InChI is InChI=1S/C11H9Cl2NO/c1-6(15)11-10-7(2-3-14-11)4-8(12)5-9(10)13/h2-6,15H,1H3. The molecular formula is C11H9Cl2NO. The molecule has 0 amide bonds. The summed E-state index contributed by atoms with van der Waals surface area (Å²) in [6.07, 6.45) is 0.990. The summed E-state index contributed by atoms with van der Waals surface area (Å²) in [5.41, 5.74) is 0.578. The van der Waals surface area contributed by atoms with E-state index in [1.807, 2.05) is 6.07 Å². The van der Waals surface area contributed by atoms with Crippen LogP contribution >= 0.6 is 23.2 Å². The van der Waals surface area contributed by atoms with Crippen molar-refractivity contribution in [2.24, 2.45) is 0 Å². The minimum Gasteiger partial charge on any atom is -0.387 e. The number of fused-ring (bicyclic) bond motifs is 1. The van der Waals surface area contributed by atoms with Gasteiger partial charge in [0.05, 0.1) is 16.8 Å². The van der Waals surface area contributed by atoms with Gasteiger partial charge in [-0.05, 0) is 30.5 Å². The molecule has 0 saturated heterocycles. The third kappa shape index (κ3) is 1.93. The van der Waals surface area contributed by atoms with Crippen LogP contribution < -0.4 is 0 Å². The van der Waals surface area contributed by atoms with E-state index in [0.717, 1.165) is 10.8 Å². The molecule has 0 bridgehead atoms. The average molecular weight is 242 g/mol. The SMILES string of the molecule is CC(O)c1nccc2cc(Cl)cc(Cl)c12. The van der Waals surface area contributed by atoms with E-state index in [4.69, 9.17) is 23.2 Å². The molecular weight excluding hydrogens is 233 g/mol. The first-order valence-electron chi connectivity index (χ1n) is 4.51. The molecule has 1 N–H and O–H groups in total. The van der Waals surface area contributed by atoms with Gasteiger partial charge in [-0.2, -0.15) is 0 Å². The van der Waals surface area contributed by atoms with E-state index in [1.54, 1.807) is 25.3 Å². The fourth-order valence-electron chi connectivity index (χ4n) is 1.57. The first kappa shape index (κ1) is 10.7. The van der Waals surface area contributed by atoms with E-state index in [9.17, 15) is 5.11 Å². The lowest BCUT2D eigenvalue weighted by molar-refractivity contribution is 0.196. The molecule has 1 heterocycles. The summed E-state index contributed by atoms with van der Waals surface area (Å²) in [6.45, 7) is 1.66. The van der Waals surface area contributed by atoms with Gasteiger partial charge in [0, 0.05) is 16.6 Å². The summed E-state index contributed by atoms with van der Waals surface area (Å²) in [5, 5.41) is 12.3. The van der Waals surface area contributed by atoms with Crippen LogP contribution in [0, 0.1) is 0 Å². The molecule has 2 nitrogen and oxygen atoms in total. The molecule has 0 aliphatic heterocycles. The van der Waals surface area contributed by atoms with Gasteiger partial charge < -0.3 is 5.11 Å². The Kier molecular flexibility index (Phi) is 2.83. The van der Waals surface area contributed by atoms with Crippen molar-refractivity contribution in [1.29, 1.82) is 0 Å². The maximum Gasteiger partial charge on any atom is 0.0938 e. The normalized spacial score (nSPS) is 13.1. The average Bonchev–Trinajstić information content (AvgIpc) is 2.16. The highest BCUT2D eigenvalue weighted by Gasteiger charge is 2.11. The smallest absolute Gasteiger partial charge is 0.0938 e. The number of benzene rings is 1. The number of rotatable bonds is 1. The zero-order valence-corrected chi connectivity index (χ0v) is 9.55. The highest BCUT2D eigenvalue weighted by Crippen LogP contribution is 2.31. The van der Waals surface area contributed by atoms with Crippen molar-refractivity contribution in [2.75, 3.05) is 0 Å². The second-order valence-electron chi connectivity index (χ2n) is 3.36. The highest BCUT2D eigenvalue weighted by atomic mass is 35.5. The van der Waals surface area contributed by atoms with E-state index in [0.29, 0.717) is 15.7 Å². The lowest BCUT2D eigenvalue weighted by atomic mass is 10.1. The van der Waals surface area contributed by atoms with Crippen molar-refractivity contribution in [3.8, 4) is 0 Å². The van der Waals surface area contributed by atoms with Crippen molar-refractivity contribution < 1.29 is 5.11 Å². The van der Waals surface area contributed by atoms with Crippen LogP contribution in [0.5, 0.6) is 0 Å². The number of aliphatic hydroxyl groups excluding tert-OH is 1. The Morgan fingerprint density at radius 3 is 2.73 bits per heavy atom. The van der Waals surface area contributed by atoms with Crippen LogP contribution in [-0.2, 0) is 0 Å². The maximum absolute atomic E-state index is 9.56. The highest BCUT2D eigenvalue weighted by molar-refractivity contribution is 6.38. The zero-order valence-electron chi connectivity index (χ0n) is 8.04. The number of pyridine rings is 1. The molecule has 0 spiro atoms. The fourth-order valence-corrected chi connectivity index (χ4v) is 2.18.